The van der Waals surface area contributed by atoms with Crippen molar-refractivity contribution in [3.05, 3.63) is 0 Å². The van der Waals surface area contributed by atoms with Crippen LogP contribution in [-0.4, -0.2) is 37.0 Å². The van der Waals surface area contributed by atoms with Gasteiger partial charge in [0.05, 0.1) is 0 Å². The Morgan fingerprint density at radius 2 is 2.31 bits per heavy atom. The summed E-state index contributed by atoms with van der Waals surface area (Å²) in [7, 11) is 1.87. The molecule has 0 spiro atoms. The first kappa shape index (κ1) is 10.5. The second-order valence-corrected chi connectivity index (χ2v) is 3.76. The van der Waals surface area contributed by atoms with Crippen LogP contribution in [0.2, 0.25) is 0 Å². The molecule has 0 aliphatic carbocycles. The van der Waals surface area contributed by atoms with Crippen LogP contribution < -0.4 is 5.32 Å². The van der Waals surface area contributed by atoms with E-state index in [4.69, 9.17) is 0 Å². The highest BCUT2D eigenvalue weighted by molar-refractivity contribution is 5.76. The number of nitrogens with zero attached hydrogens (tertiary/aromatic N) is 1. The summed E-state index contributed by atoms with van der Waals surface area (Å²) in [6.07, 6.45) is 4.35. The van der Waals surface area contributed by atoms with Crippen molar-refractivity contribution in [1.82, 2.24) is 10.2 Å². The summed E-state index contributed by atoms with van der Waals surface area (Å²) >= 11 is 0. The zero-order chi connectivity index (χ0) is 9.68. The Morgan fingerprint density at radius 3 is 2.85 bits per heavy atom. The normalized spacial score (nSPS) is 22.8. The lowest BCUT2D eigenvalue weighted by Crippen LogP contribution is -2.39. The molecule has 0 bridgehead atoms. The van der Waals surface area contributed by atoms with E-state index in [-0.39, 0.29) is 5.91 Å². The van der Waals surface area contributed by atoms with E-state index in [9.17, 15) is 4.79 Å². The van der Waals surface area contributed by atoms with Crippen molar-refractivity contribution in [1.29, 1.82) is 0 Å². The van der Waals surface area contributed by atoms with Crippen LogP contribution in [0.5, 0.6) is 0 Å². The number of rotatable bonds is 3. The molecular formula is C10H20N2O. The first-order chi connectivity index (χ1) is 6.24. The lowest BCUT2D eigenvalue weighted by Gasteiger charge is -2.25. The average Bonchev–Trinajstić information content (AvgIpc) is 2.18. The van der Waals surface area contributed by atoms with Crippen LogP contribution in [0.1, 0.15) is 32.6 Å². The van der Waals surface area contributed by atoms with Gasteiger partial charge in [-0.05, 0) is 26.3 Å². The maximum Gasteiger partial charge on any atom is 0.223 e. The van der Waals surface area contributed by atoms with Gasteiger partial charge in [-0.3, -0.25) is 4.79 Å². The monoisotopic (exact) mass is 184 g/mol. The Bertz CT molecular complexity index is 164. The SMILES string of the molecule is CCN(C)C(=O)CC1CCCCN1. The van der Waals surface area contributed by atoms with E-state index < -0.39 is 0 Å². The Balaban J connectivity index is 2.26. The number of hydrogen-bond acceptors (Lipinski definition) is 2. The van der Waals surface area contributed by atoms with E-state index in [0.717, 1.165) is 19.5 Å². The van der Waals surface area contributed by atoms with Crippen molar-refractivity contribution < 1.29 is 4.79 Å². The molecule has 1 atom stereocenters. The minimum Gasteiger partial charge on any atom is -0.346 e. The number of carbonyl (C=O) groups is 1. The van der Waals surface area contributed by atoms with E-state index in [1.54, 1.807) is 4.90 Å². The van der Waals surface area contributed by atoms with Crippen LogP contribution in [0.4, 0.5) is 0 Å². The van der Waals surface area contributed by atoms with Crippen molar-refractivity contribution in [2.24, 2.45) is 0 Å². The fourth-order valence-corrected chi connectivity index (χ4v) is 1.64. The summed E-state index contributed by atoms with van der Waals surface area (Å²) in [6, 6.07) is 0.426. The summed E-state index contributed by atoms with van der Waals surface area (Å²) < 4.78 is 0. The number of hydrogen-bond donors (Lipinski definition) is 1. The number of piperidine rings is 1. The molecule has 13 heavy (non-hydrogen) atoms. The molecule has 1 rings (SSSR count). The van der Waals surface area contributed by atoms with Crippen molar-refractivity contribution in [2.45, 2.75) is 38.6 Å². The van der Waals surface area contributed by atoms with Crippen LogP contribution in [0.15, 0.2) is 0 Å². The van der Waals surface area contributed by atoms with Gasteiger partial charge in [0.25, 0.3) is 0 Å². The molecule has 1 aliphatic rings. The smallest absolute Gasteiger partial charge is 0.223 e. The highest BCUT2D eigenvalue weighted by Gasteiger charge is 2.17. The third kappa shape index (κ3) is 3.35. The molecule has 0 radical (unpaired) electrons. The fourth-order valence-electron chi connectivity index (χ4n) is 1.64. The fraction of sp³-hybridized carbons (Fsp3) is 0.900. The van der Waals surface area contributed by atoms with Gasteiger partial charge in [-0.2, -0.15) is 0 Å². The first-order valence-corrected chi connectivity index (χ1v) is 5.21. The zero-order valence-electron chi connectivity index (χ0n) is 8.68. The topological polar surface area (TPSA) is 32.3 Å². The van der Waals surface area contributed by atoms with Crippen molar-refractivity contribution >= 4 is 5.91 Å². The van der Waals surface area contributed by atoms with Crippen molar-refractivity contribution in [2.75, 3.05) is 20.1 Å². The van der Waals surface area contributed by atoms with E-state index in [1.807, 2.05) is 14.0 Å². The number of nitrogens with one attached hydrogen (secondary N) is 1. The summed E-state index contributed by atoms with van der Waals surface area (Å²) in [5.74, 6) is 0.266. The van der Waals surface area contributed by atoms with Gasteiger partial charge < -0.3 is 10.2 Å². The molecule has 1 saturated heterocycles. The summed E-state index contributed by atoms with van der Waals surface area (Å²) in [4.78, 5) is 13.3. The summed E-state index contributed by atoms with van der Waals surface area (Å²) in [5, 5.41) is 3.38. The minimum absolute atomic E-state index is 0.266. The molecule has 1 unspecified atom stereocenters. The van der Waals surface area contributed by atoms with E-state index in [0.29, 0.717) is 12.5 Å². The quantitative estimate of drug-likeness (QED) is 0.709. The molecule has 3 heteroatoms. The Hall–Kier alpha value is -0.570. The van der Waals surface area contributed by atoms with Gasteiger partial charge in [0, 0.05) is 26.1 Å². The highest BCUT2D eigenvalue weighted by atomic mass is 16.2. The molecule has 0 aromatic rings. The van der Waals surface area contributed by atoms with Gasteiger partial charge in [0.2, 0.25) is 5.91 Å². The third-order valence-electron chi connectivity index (χ3n) is 2.73. The van der Waals surface area contributed by atoms with Gasteiger partial charge in [-0.25, -0.2) is 0 Å². The average molecular weight is 184 g/mol. The Labute approximate surface area is 80.5 Å². The third-order valence-corrected chi connectivity index (χ3v) is 2.73. The maximum atomic E-state index is 11.5. The Morgan fingerprint density at radius 1 is 1.54 bits per heavy atom. The van der Waals surface area contributed by atoms with E-state index in [2.05, 4.69) is 5.32 Å². The zero-order valence-corrected chi connectivity index (χ0v) is 8.68. The molecule has 0 saturated carbocycles. The Kier molecular flexibility index (Phi) is 4.22. The second kappa shape index (κ2) is 5.22. The molecule has 1 aliphatic heterocycles. The van der Waals surface area contributed by atoms with Gasteiger partial charge in [0.15, 0.2) is 0 Å². The molecule has 0 aromatic heterocycles. The van der Waals surface area contributed by atoms with Crippen LogP contribution in [-0.2, 0) is 4.79 Å². The standard InChI is InChI=1S/C10H20N2O/c1-3-12(2)10(13)8-9-6-4-5-7-11-9/h9,11H,3-8H2,1-2H3. The van der Waals surface area contributed by atoms with Crippen molar-refractivity contribution in [3.8, 4) is 0 Å². The molecule has 76 valence electrons. The van der Waals surface area contributed by atoms with Crippen LogP contribution in [0, 0.1) is 0 Å². The van der Waals surface area contributed by atoms with Crippen LogP contribution in [0.3, 0.4) is 0 Å². The predicted molar refractivity (Wildman–Crippen MR) is 53.6 cm³/mol. The van der Waals surface area contributed by atoms with E-state index in [1.165, 1.54) is 12.8 Å². The van der Waals surface area contributed by atoms with Crippen LogP contribution >= 0.6 is 0 Å². The molecule has 1 heterocycles. The van der Waals surface area contributed by atoms with Gasteiger partial charge in [-0.1, -0.05) is 6.42 Å². The summed E-state index contributed by atoms with van der Waals surface area (Å²) in [5.41, 5.74) is 0. The maximum absolute atomic E-state index is 11.5. The molecule has 1 fully saturated rings. The minimum atomic E-state index is 0.266. The molecular weight excluding hydrogens is 164 g/mol. The molecule has 0 aromatic carbocycles. The number of carbonyl (C=O) groups excluding carboxylic acids is 1. The molecule has 1 amide bonds. The summed E-state index contributed by atoms with van der Waals surface area (Å²) in [6.45, 7) is 3.89. The largest absolute Gasteiger partial charge is 0.346 e. The van der Waals surface area contributed by atoms with Gasteiger partial charge in [0.1, 0.15) is 0 Å². The first-order valence-electron chi connectivity index (χ1n) is 5.21. The van der Waals surface area contributed by atoms with Gasteiger partial charge in [-0.15, -0.1) is 0 Å². The highest BCUT2D eigenvalue weighted by Crippen LogP contribution is 2.10. The van der Waals surface area contributed by atoms with Crippen LogP contribution in [0.25, 0.3) is 0 Å². The second-order valence-electron chi connectivity index (χ2n) is 3.76. The van der Waals surface area contributed by atoms with Gasteiger partial charge >= 0.3 is 0 Å². The van der Waals surface area contributed by atoms with Crippen molar-refractivity contribution in [3.63, 3.8) is 0 Å². The lowest BCUT2D eigenvalue weighted by atomic mass is 10.0. The predicted octanol–water partition coefficient (Wildman–Crippen LogP) is 0.997. The molecule has 3 nitrogen and oxygen atoms in total. The number of amides is 1. The molecule has 1 N–H and O–H groups in total. The lowest BCUT2D eigenvalue weighted by molar-refractivity contribution is -0.130. The van der Waals surface area contributed by atoms with E-state index >= 15 is 0 Å².